The minimum atomic E-state index is -0.133. The molecule has 0 amide bonds. The smallest absolute Gasteiger partial charge is 0.0625 e. The van der Waals surface area contributed by atoms with E-state index in [1.54, 1.807) is 0 Å². The fourth-order valence-electron chi connectivity index (χ4n) is 1.78. The zero-order chi connectivity index (χ0) is 13.4. The van der Waals surface area contributed by atoms with Crippen molar-refractivity contribution >= 4 is 11.8 Å². The molecule has 18 heavy (non-hydrogen) atoms. The third kappa shape index (κ3) is 5.42. The number of aliphatic hydroxyl groups excluding tert-OH is 1. The predicted molar refractivity (Wildman–Crippen MR) is 77.0 cm³/mol. The molecule has 0 aromatic carbocycles. The van der Waals surface area contributed by atoms with Gasteiger partial charge in [-0.2, -0.15) is 5.10 Å². The van der Waals surface area contributed by atoms with E-state index >= 15 is 0 Å². The summed E-state index contributed by atoms with van der Waals surface area (Å²) in [5.74, 6) is 1.06. The largest absolute Gasteiger partial charge is 0.394 e. The standard InChI is InChI=1S/C13H25N3OS/c1-4-7-14-13(2,11-17)6-5-8-18-12-9-15-16(3)10-12/h9-10,14,17H,4-8,11H2,1-3H3. The van der Waals surface area contributed by atoms with Gasteiger partial charge < -0.3 is 10.4 Å². The summed E-state index contributed by atoms with van der Waals surface area (Å²) >= 11 is 1.82. The van der Waals surface area contributed by atoms with E-state index in [4.69, 9.17) is 0 Å². The number of nitrogens with zero attached hydrogens (tertiary/aromatic N) is 2. The monoisotopic (exact) mass is 271 g/mol. The lowest BCUT2D eigenvalue weighted by Crippen LogP contribution is -2.46. The van der Waals surface area contributed by atoms with Gasteiger partial charge in [-0.05, 0) is 38.5 Å². The van der Waals surface area contributed by atoms with Crippen molar-refractivity contribution in [3.63, 3.8) is 0 Å². The van der Waals surface area contributed by atoms with Crippen molar-refractivity contribution < 1.29 is 5.11 Å². The second kappa shape index (κ2) is 7.81. The van der Waals surface area contributed by atoms with Crippen molar-refractivity contribution in [3.05, 3.63) is 12.4 Å². The summed E-state index contributed by atoms with van der Waals surface area (Å²) < 4.78 is 1.82. The second-order valence-corrected chi connectivity index (χ2v) is 6.12. The van der Waals surface area contributed by atoms with Gasteiger partial charge >= 0.3 is 0 Å². The highest BCUT2D eigenvalue weighted by Gasteiger charge is 2.21. The van der Waals surface area contributed by atoms with Gasteiger partial charge in [0.05, 0.1) is 12.8 Å². The average Bonchev–Trinajstić information content (AvgIpc) is 2.78. The molecule has 0 bridgehead atoms. The van der Waals surface area contributed by atoms with Crippen LogP contribution in [0.1, 0.15) is 33.1 Å². The Morgan fingerprint density at radius 2 is 2.33 bits per heavy atom. The number of hydrogen-bond donors (Lipinski definition) is 2. The molecule has 1 rings (SSSR count). The maximum Gasteiger partial charge on any atom is 0.0625 e. The van der Waals surface area contributed by atoms with Crippen LogP contribution in [0.2, 0.25) is 0 Å². The summed E-state index contributed by atoms with van der Waals surface area (Å²) in [4.78, 5) is 1.21. The van der Waals surface area contributed by atoms with Gasteiger partial charge in [0.25, 0.3) is 0 Å². The molecule has 1 aromatic heterocycles. The third-order valence-corrected chi connectivity index (χ3v) is 4.01. The first-order valence-electron chi connectivity index (χ1n) is 6.57. The van der Waals surface area contributed by atoms with Gasteiger partial charge in [0.15, 0.2) is 0 Å². The summed E-state index contributed by atoms with van der Waals surface area (Å²) in [6.07, 6.45) is 7.11. The summed E-state index contributed by atoms with van der Waals surface area (Å²) in [7, 11) is 1.93. The minimum Gasteiger partial charge on any atom is -0.394 e. The van der Waals surface area contributed by atoms with E-state index in [0.717, 1.165) is 31.6 Å². The molecule has 0 spiro atoms. The van der Waals surface area contributed by atoms with Crippen LogP contribution in [0.15, 0.2) is 17.3 Å². The Labute approximate surface area is 114 Å². The molecule has 104 valence electrons. The number of aromatic nitrogens is 2. The molecule has 0 fully saturated rings. The quantitative estimate of drug-likeness (QED) is 0.533. The molecule has 1 atom stereocenters. The van der Waals surface area contributed by atoms with Crippen molar-refractivity contribution in [3.8, 4) is 0 Å². The molecule has 0 aliphatic heterocycles. The van der Waals surface area contributed by atoms with Crippen LogP contribution in [0.4, 0.5) is 0 Å². The number of nitrogens with one attached hydrogen (secondary N) is 1. The van der Waals surface area contributed by atoms with E-state index in [-0.39, 0.29) is 12.1 Å². The lowest BCUT2D eigenvalue weighted by Gasteiger charge is -2.28. The molecule has 1 unspecified atom stereocenters. The normalized spacial score (nSPS) is 14.7. The minimum absolute atomic E-state index is 0.133. The molecule has 5 heteroatoms. The number of aliphatic hydroxyl groups is 1. The third-order valence-electron chi connectivity index (χ3n) is 2.97. The Morgan fingerprint density at radius 1 is 1.56 bits per heavy atom. The first-order chi connectivity index (χ1) is 8.59. The number of rotatable bonds is 9. The molecule has 0 saturated carbocycles. The fraction of sp³-hybridized carbons (Fsp3) is 0.769. The van der Waals surface area contributed by atoms with E-state index in [9.17, 15) is 5.11 Å². The Hall–Kier alpha value is -0.520. The van der Waals surface area contributed by atoms with Gasteiger partial charge in [-0.15, -0.1) is 11.8 Å². The summed E-state index contributed by atoms with van der Waals surface area (Å²) in [5, 5.41) is 17.0. The van der Waals surface area contributed by atoms with Crippen LogP contribution in [0, 0.1) is 0 Å². The summed E-state index contributed by atoms with van der Waals surface area (Å²) in [6, 6.07) is 0. The Kier molecular flexibility index (Phi) is 6.75. The van der Waals surface area contributed by atoms with Crippen LogP contribution in [0.25, 0.3) is 0 Å². The van der Waals surface area contributed by atoms with Crippen molar-refractivity contribution in [1.82, 2.24) is 15.1 Å². The van der Waals surface area contributed by atoms with E-state index in [2.05, 4.69) is 24.3 Å². The highest BCUT2D eigenvalue weighted by atomic mass is 32.2. The fourth-order valence-corrected chi connectivity index (χ4v) is 2.65. The SMILES string of the molecule is CCCNC(C)(CO)CCCSc1cnn(C)c1. The maximum absolute atomic E-state index is 9.45. The molecular formula is C13H25N3OS. The van der Waals surface area contributed by atoms with Gasteiger partial charge in [0, 0.05) is 23.7 Å². The van der Waals surface area contributed by atoms with Crippen LogP contribution in [-0.2, 0) is 7.05 Å². The highest BCUT2D eigenvalue weighted by molar-refractivity contribution is 7.99. The zero-order valence-corrected chi connectivity index (χ0v) is 12.5. The van der Waals surface area contributed by atoms with E-state index < -0.39 is 0 Å². The average molecular weight is 271 g/mol. The molecule has 2 N–H and O–H groups in total. The first kappa shape index (κ1) is 15.5. The summed E-state index contributed by atoms with van der Waals surface area (Å²) in [5.41, 5.74) is -0.133. The molecule has 0 saturated heterocycles. The second-order valence-electron chi connectivity index (χ2n) is 4.95. The van der Waals surface area contributed by atoms with Gasteiger partial charge in [-0.25, -0.2) is 0 Å². The first-order valence-corrected chi connectivity index (χ1v) is 7.55. The zero-order valence-electron chi connectivity index (χ0n) is 11.6. The lowest BCUT2D eigenvalue weighted by molar-refractivity contribution is 0.165. The van der Waals surface area contributed by atoms with Crippen LogP contribution < -0.4 is 5.32 Å². The molecule has 0 aliphatic carbocycles. The molecular weight excluding hydrogens is 246 g/mol. The highest BCUT2D eigenvalue weighted by Crippen LogP contribution is 2.20. The van der Waals surface area contributed by atoms with E-state index in [1.165, 1.54) is 4.90 Å². The van der Waals surface area contributed by atoms with Gasteiger partial charge in [0.2, 0.25) is 0 Å². The topological polar surface area (TPSA) is 50.1 Å². The van der Waals surface area contributed by atoms with Crippen molar-refractivity contribution in [1.29, 1.82) is 0 Å². The molecule has 0 aliphatic rings. The van der Waals surface area contributed by atoms with E-state index in [0.29, 0.717) is 0 Å². The number of hydrogen-bond acceptors (Lipinski definition) is 4. The van der Waals surface area contributed by atoms with Gasteiger partial charge in [-0.1, -0.05) is 6.92 Å². The maximum atomic E-state index is 9.45. The van der Waals surface area contributed by atoms with Crippen LogP contribution in [-0.4, -0.2) is 39.3 Å². The van der Waals surface area contributed by atoms with Crippen LogP contribution in [0.5, 0.6) is 0 Å². The number of aryl methyl sites for hydroxylation is 1. The summed E-state index contributed by atoms with van der Waals surface area (Å²) in [6.45, 7) is 5.40. The van der Waals surface area contributed by atoms with Gasteiger partial charge in [-0.3, -0.25) is 4.68 Å². The molecule has 1 aromatic rings. The van der Waals surface area contributed by atoms with E-state index in [1.807, 2.05) is 35.9 Å². The Balaban J connectivity index is 2.22. The van der Waals surface area contributed by atoms with Crippen LogP contribution >= 0.6 is 11.8 Å². The van der Waals surface area contributed by atoms with Crippen molar-refractivity contribution in [2.75, 3.05) is 18.9 Å². The van der Waals surface area contributed by atoms with Crippen molar-refractivity contribution in [2.45, 2.75) is 43.5 Å². The molecule has 0 radical (unpaired) electrons. The number of thioether (sulfide) groups is 1. The molecule has 4 nitrogen and oxygen atoms in total. The molecule has 1 heterocycles. The van der Waals surface area contributed by atoms with Crippen LogP contribution in [0.3, 0.4) is 0 Å². The Bertz CT molecular complexity index is 343. The van der Waals surface area contributed by atoms with Crippen molar-refractivity contribution in [2.24, 2.45) is 7.05 Å². The lowest BCUT2D eigenvalue weighted by atomic mass is 9.97. The van der Waals surface area contributed by atoms with Gasteiger partial charge in [0.1, 0.15) is 0 Å². The predicted octanol–water partition coefficient (Wildman–Crippen LogP) is 2.04. The Morgan fingerprint density at radius 3 is 2.89 bits per heavy atom.